The van der Waals surface area contributed by atoms with Gasteiger partial charge in [0.2, 0.25) is 0 Å². The Kier molecular flexibility index (Phi) is 19.1. The van der Waals surface area contributed by atoms with Gasteiger partial charge in [-0.15, -0.1) is 0 Å². The van der Waals surface area contributed by atoms with E-state index in [0.29, 0.717) is 11.5 Å². The third-order valence-corrected chi connectivity index (χ3v) is 11.1. The summed E-state index contributed by atoms with van der Waals surface area (Å²) in [6, 6.07) is 17.3. The number of benzene rings is 2. The summed E-state index contributed by atoms with van der Waals surface area (Å²) in [5, 5.41) is 1.54. The second-order valence-corrected chi connectivity index (χ2v) is 16.6. The maximum Gasteiger partial charge on any atom is 0.385 e. The molecule has 42 heavy (non-hydrogen) atoms. The van der Waals surface area contributed by atoms with Crippen molar-refractivity contribution >= 4 is 26.7 Å². The highest BCUT2D eigenvalue weighted by molar-refractivity contribution is 7.59. The van der Waals surface area contributed by atoms with E-state index in [1.807, 2.05) is 72.7 Å². The van der Waals surface area contributed by atoms with Crippen LogP contribution in [0.4, 0.5) is 0 Å². The standard InChI is InChI=1S/C14H22NO3P.C14H21O4P.2C2H6/c1-11(12(2)16)15-19(17,14(3,4)5)18-13-9-7-6-8-10-13;1-11(15)12(2)17-19(16,14(3,4)5)18-13-9-7-6-8-10-13;2*1-2/h6-11H,1-5H3,(H,15,17);6-10,12H,1-5H3;2*1-2H3. The van der Waals surface area contributed by atoms with Crippen LogP contribution in [0.15, 0.2) is 60.7 Å². The Balaban J connectivity index is 0. The molecule has 0 aliphatic carbocycles. The van der Waals surface area contributed by atoms with Crippen molar-refractivity contribution in [1.82, 2.24) is 5.09 Å². The van der Waals surface area contributed by atoms with Gasteiger partial charge in [-0.25, -0.2) is 9.65 Å². The molecule has 0 saturated heterocycles. The van der Waals surface area contributed by atoms with Crippen LogP contribution in [0.3, 0.4) is 0 Å². The number of rotatable bonds is 10. The van der Waals surface area contributed by atoms with Crippen molar-refractivity contribution in [3.8, 4) is 11.5 Å². The largest absolute Gasteiger partial charge is 0.432 e. The second kappa shape index (κ2) is 19.1. The molecule has 0 heterocycles. The number of nitrogens with one attached hydrogen (secondary N) is 1. The second-order valence-electron chi connectivity index (χ2n) is 11.0. The van der Waals surface area contributed by atoms with Crippen molar-refractivity contribution in [2.75, 3.05) is 0 Å². The van der Waals surface area contributed by atoms with Crippen molar-refractivity contribution in [2.45, 2.75) is 119 Å². The van der Waals surface area contributed by atoms with E-state index in [1.165, 1.54) is 13.8 Å². The first-order valence-electron chi connectivity index (χ1n) is 14.5. The smallest absolute Gasteiger partial charge is 0.385 e. The molecule has 0 bridgehead atoms. The lowest BCUT2D eigenvalue weighted by atomic mass is 10.3. The first-order chi connectivity index (χ1) is 19.3. The van der Waals surface area contributed by atoms with E-state index < -0.39 is 37.6 Å². The molecule has 2 aromatic rings. The summed E-state index contributed by atoms with van der Waals surface area (Å²) in [5.74, 6) is 0.753. The van der Waals surface area contributed by atoms with Gasteiger partial charge in [0.1, 0.15) is 23.4 Å². The Labute approximate surface area is 255 Å². The van der Waals surface area contributed by atoms with E-state index >= 15 is 0 Å². The minimum Gasteiger partial charge on any atom is -0.432 e. The summed E-state index contributed by atoms with van der Waals surface area (Å²) in [4.78, 5) is 22.7. The molecule has 4 atom stereocenters. The first kappa shape index (κ1) is 41.9. The third-order valence-electron chi connectivity index (χ3n) is 5.49. The van der Waals surface area contributed by atoms with Crippen LogP contribution in [0.25, 0.3) is 0 Å². The van der Waals surface area contributed by atoms with Crippen LogP contribution in [0.5, 0.6) is 11.5 Å². The van der Waals surface area contributed by atoms with Gasteiger partial charge in [0.25, 0.3) is 0 Å². The Bertz CT molecular complexity index is 1050. The quantitative estimate of drug-likeness (QED) is 0.259. The molecule has 2 rings (SSSR count). The normalized spacial score (nSPS) is 15.2. The maximum absolute atomic E-state index is 13.0. The monoisotopic (exact) mass is 627 g/mol. The molecule has 10 heteroatoms. The molecule has 0 amide bonds. The van der Waals surface area contributed by atoms with Gasteiger partial charge in [-0.1, -0.05) is 64.1 Å². The predicted octanol–water partition coefficient (Wildman–Crippen LogP) is 9.73. The number of para-hydroxylation sites is 2. The van der Waals surface area contributed by atoms with Crippen molar-refractivity contribution in [3.05, 3.63) is 60.7 Å². The molecule has 0 fully saturated rings. The lowest BCUT2D eigenvalue weighted by Gasteiger charge is -2.33. The number of carbonyl (C=O) groups excluding carboxylic acids is 2. The van der Waals surface area contributed by atoms with E-state index in [4.69, 9.17) is 13.6 Å². The Morgan fingerprint density at radius 3 is 1.36 bits per heavy atom. The summed E-state index contributed by atoms with van der Waals surface area (Å²) in [6.45, 7) is 24.9. The summed E-state index contributed by atoms with van der Waals surface area (Å²) in [6.07, 6.45) is -0.756. The van der Waals surface area contributed by atoms with Crippen LogP contribution < -0.4 is 14.1 Å². The zero-order chi connectivity index (χ0) is 33.4. The van der Waals surface area contributed by atoms with Crippen LogP contribution in [-0.4, -0.2) is 34.0 Å². The topological polar surface area (TPSA) is 108 Å². The highest BCUT2D eigenvalue weighted by Gasteiger charge is 2.43. The van der Waals surface area contributed by atoms with Crippen molar-refractivity contribution in [2.24, 2.45) is 0 Å². The van der Waals surface area contributed by atoms with Gasteiger partial charge in [0.15, 0.2) is 5.78 Å². The molecule has 0 aliphatic rings. The molecule has 4 unspecified atom stereocenters. The minimum atomic E-state index is -3.46. The molecule has 0 aromatic heterocycles. The molecule has 2 aromatic carbocycles. The molecule has 0 radical (unpaired) electrons. The molecule has 0 spiro atoms. The molecule has 8 nitrogen and oxygen atoms in total. The van der Waals surface area contributed by atoms with Gasteiger partial charge in [0.05, 0.1) is 16.4 Å². The van der Waals surface area contributed by atoms with Gasteiger partial charge in [-0.3, -0.25) is 18.7 Å². The Morgan fingerprint density at radius 2 is 1.05 bits per heavy atom. The van der Waals surface area contributed by atoms with Gasteiger partial charge >= 0.3 is 15.1 Å². The average Bonchev–Trinajstić information content (AvgIpc) is 2.91. The van der Waals surface area contributed by atoms with Crippen LogP contribution in [-0.2, 0) is 23.2 Å². The fourth-order valence-electron chi connectivity index (χ4n) is 2.55. The number of Topliss-reactive ketones (excluding diaryl/α,β-unsaturated/α-hetero) is 2. The minimum absolute atomic E-state index is 0.0684. The van der Waals surface area contributed by atoms with Gasteiger partial charge in [0, 0.05) is 0 Å². The molecule has 0 aliphatic heterocycles. The predicted molar refractivity (Wildman–Crippen MR) is 176 cm³/mol. The van der Waals surface area contributed by atoms with Crippen molar-refractivity contribution < 1.29 is 32.3 Å². The Hall–Kier alpha value is -2.24. The number of hydrogen-bond donors (Lipinski definition) is 1. The molecular formula is C32H55NO7P2. The third kappa shape index (κ3) is 14.3. The van der Waals surface area contributed by atoms with E-state index in [0.717, 1.165) is 0 Å². The number of hydrogen-bond acceptors (Lipinski definition) is 7. The highest BCUT2D eigenvalue weighted by Crippen LogP contribution is 2.60. The zero-order valence-electron chi connectivity index (χ0n) is 28.2. The van der Waals surface area contributed by atoms with E-state index in [2.05, 4.69) is 5.09 Å². The van der Waals surface area contributed by atoms with Crippen LogP contribution in [0.1, 0.15) is 96.9 Å². The first-order valence-corrected chi connectivity index (χ1v) is 17.6. The van der Waals surface area contributed by atoms with E-state index in [1.54, 1.807) is 71.0 Å². The van der Waals surface area contributed by atoms with Gasteiger partial charge < -0.3 is 9.05 Å². The van der Waals surface area contributed by atoms with E-state index in [9.17, 15) is 18.7 Å². The van der Waals surface area contributed by atoms with Gasteiger partial charge in [-0.2, -0.15) is 0 Å². The van der Waals surface area contributed by atoms with Crippen LogP contribution >= 0.6 is 15.1 Å². The van der Waals surface area contributed by atoms with Crippen LogP contribution in [0, 0.1) is 0 Å². The van der Waals surface area contributed by atoms with Crippen molar-refractivity contribution in [1.29, 1.82) is 0 Å². The number of carbonyl (C=O) groups is 2. The fraction of sp³-hybridized carbons (Fsp3) is 0.562. The molecule has 240 valence electrons. The fourth-order valence-corrected chi connectivity index (χ4v) is 5.97. The highest BCUT2D eigenvalue weighted by atomic mass is 31.2. The zero-order valence-corrected chi connectivity index (χ0v) is 30.0. The lowest BCUT2D eigenvalue weighted by molar-refractivity contribution is -0.123. The summed E-state index contributed by atoms with van der Waals surface area (Å²) in [7, 11) is -6.66. The SMILES string of the molecule is CC.CC.CC(=O)C(C)NP(=O)(Oc1ccccc1)C(C)(C)C.CC(=O)C(C)OP(=O)(Oc1ccccc1)C(C)(C)C. The van der Waals surface area contributed by atoms with Crippen LogP contribution in [0.2, 0.25) is 0 Å². The summed E-state index contributed by atoms with van der Waals surface area (Å²) >= 11 is 0. The Morgan fingerprint density at radius 1 is 0.667 bits per heavy atom. The maximum atomic E-state index is 13.0. The molecular weight excluding hydrogens is 572 g/mol. The number of ketones is 2. The summed E-state index contributed by atoms with van der Waals surface area (Å²) in [5.41, 5.74) is 0. The molecule has 1 N–H and O–H groups in total. The lowest BCUT2D eigenvalue weighted by Crippen LogP contribution is -2.37. The average molecular weight is 628 g/mol. The molecule has 0 saturated carbocycles. The van der Waals surface area contributed by atoms with E-state index in [-0.39, 0.29) is 11.6 Å². The van der Waals surface area contributed by atoms with Gasteiger partial charge in [-0.05, 0) is 93.5 Å². The summed E-state index contributed by atoms with van der Waals surface area (Å²) < 4.78 is 42.7. The van der Waals surface area contributed by atoms with Crippen molar-refractivity contribution in [3.63, 3.8) is 0 Å².